The first-order valence-electron chi connectivity index (χ1n) is 11.9. The van der Waals surface area contributed by atoms with Crippen molar-refractivity contribution in [2.45, 2.75) is 108 Å². The van der Waals surface area contributed by atoms with E-state index >= 15 is 0 Å². The number of carboxylic acid groups (broad SMARTS) is 1. The molecule has 6 nitrogen and oxygen atoms in total. The van der Waals surface area contributed by atoms with E-state index in [0.29, 0.717) is 32.1 Å². The fourth-order valence-electron chi connectivity index (χ4n) is 8.67. The number of aliphatic hydroxyl groups is 4. The molecular weight excluding hydrogens is 384 g/mol. The van der Waals surface area contributed by atoms with E-state index in [4.69, 9.17) is 5.11 Å². The van der Waals surface area contributed by atoms with Crippen LogP contribution in [0.1, 0.15) is 85.0 Å². The van der Waals surface area contributed by atoms with E-state index in [1.807, 2.05) is 6.92 Å². The zero-order valence-electron chi connectivity index (χ0n) is 18.7. The van der Waals surface area contributed by atoms with Crippen LogP contribution in [0, 0.1) is 34.5 Å². The molecule has 0 aliphatic heterocycles. The van der Waals surface area contributed by atoms with Gasteiger partial charge in [0, 0.05) is 19.3 Å². The summed E-state index contributed by atoms with van der Waals surface area (Å²) in [6, 6.07) is 0. The first-order chi connectivity index (χ1) is 13.9. The second kappa shape index (κ2) is 7.16. The lowest BCUT2D eigenvalue weighted by atomic mass is 9.42. The van der Waals surface area contributed by atoms with Crippen LogP contribution in [0.25, 0.3) is 0 Å². The molecule has 0 aromatic rings. The van der Waals surface area contributed by atoms with E-state index in [2.05, 4.69) is 13.8 Å². The lowest BCUT2D eigenvalue weighted by Gasteiger charge is -2.65. The summed E-state index contributed by atoms with van der Waals surface area (Å²) in [6.07, 6.45) is 4.61. The Balaban J connectivity index is 1.63. The summed E-state index contributed by atoms with van der Waals surface area (Å²) in [4.78, 5) is 11.1. The molecular formula is C24H40O6. The highest BCUT2D eigenvalue weighted by atomic mass is 16.4. The van der Waals surface area contributed by atoms with Crippen LogP contribution in [0.5, 0.6) is 0 Å². The Bertz CT molecular complexity index is 697. The lowest BCUT2D eigenvalue weighted by molar-refractivity contribution is -0.257. The number of aliphatic carboxylic acids is 1. The Morgan fingerprint density at radius 2 is 1.57 bits per heavy atom. The van der Waals surface area contributed by atoms with Gasteiger partial charge in [0.05, 0.1) is 23.4 Å². The largest absolute Gasteiger partial charge is 0.481 e. The van der Waals surface area contributed by atoms with E-state index in [-0.39, 0.29) is 40.9 Å². The summed E-state index contributed by atoms with van der Waals surface area (Å²) < 4.78 is 0. The minimum Gasteiger partial charge on any atom is -0.481 e. The molecule has 10 atom stereocenters. The topological polar surface area (TPSA) is 118 Å². The average molecular weight is 425 g/mol. The monoisotopic (exact) mass is 424 g/mol. The number of carboxylic acids is 1. The van der Waals surface area contributed by atoms with Gasteiger partial charge in [-0.15, -0.1) is 0 Å². The van der Waals surface area contributed by atoms with Crippen LogP contribution in [0.2, 0.25) is 0 Å². The maximum atomic E-state index is 11.8. The predicted octanol–water partition coefficient (Wildman–Crippen LogP) is 2.71. The van der Waals surface area contributed by atoms with Gasteiger partial charge in [0.25, 0.3) is 0 Å². The molecule has 4 rings (SSSR count). The van der Waals surface area contributed by atoms with Gasteiger partial charge in [-0.1, -0.05) is 20.8 Å². The van der Waals surface area contributed by atoms with Crippen LogP contribution >= 0.6 is 0 Å². The molecule has 172 valence electrons. The zero-order chi connectivity index (χ0) is 22.1. The highest BCUT2D eigenvalue weighted by molar-refractivity contribution is 5.66. The normalized spacial score (nSPS) is 54.0. The molecule has 0 saturated heterocycles. The summed E-state index contributed by atoms with van der Waals surface area (Å²) in [5.41, 5.74) is -2.64. The Hall–Kier alpha value is -0.690. The van der Waals surface area contributed by atoms with Gasteiger partial charge >= 0.3 is 5.97 Å². The first-order valence-corrected chi connectivity index (χ1v) is 11.9. The molecule has 30 heavy (non-hydrogen) atoms. The minimum absolute atomic E-state index is 0.0324. The van der Waals surface area contributed by atoms with Gasteiger partial charge in [0.15, 0.2) is 0 Å². The highest BCUT2D eigenvalue weighted by Gasteiger charge is 2.69. The van der Waals surface area contributed by atoms with Gasteiger partial charge in [0.2, 0.25) is 0 Å². The van der Waals surface area contributed by atoms with Gasteiger partial charge in [-0.2, -0.15) is 0 Å². The predicted molar refractivity (Wildman–Crippen MR) is 112 cm³/mol. The Labute approximate surface area is 179 Å². The van der Waals surface area contributed by atoms with Crippen LogP contribution < -0.4 is 0 Å². The van der Waals surface area contributed by atoms with E-state index in [9.17, 15) is 25.2 Å². The van der Waals surface area contributed by atoms with Crippen LogP contribution in [-0.2, 0) is 4.79 Å². The Morgan fingerprint density at radius 1 is 0.967 bits per heavy atom. The van der Waals surface area contributed by atoms with Gasteiger partial charge in [-0.25, -0.2) is 0 Å². The summed E-state index contributed by atoms with van der Waals surface area (Å²) in [5, 5.41) is 53.9. The van der Waals surface area contributed by atoms with Crippen LogP contribution in [0.3, 0.4) is 0 Å². The van der Waals surface area contributed by atoms with Crippen molar-refractivity contribution in [1.29, 1.82) is 0 Å². The molecule has 0 spiro atoms. The third-order valence-electron chi connectivity index (χ3n) is 10.6. The number of fused-ring (bicyclic) bond motifs is 5. The lowest BCUT2D eigenvalue weighted by Crippen LogP contribution is -2.67. The first kappa shape index (κ1) is 22.5. The maximum absolute atomic E-state index is 11.8. The molecule has 4 aliphatic carbocycles. The van der Waals surface area contributed by atoms with Crippen molar-refractivity contribution in [3.63, 3.8) is 0 Å². The van der Waals surface area contributed by atoms with Crippen LogP contribution in [0.4, 0.5) is 0 Å². The minimum atomic E-state index is -1.04. The fourth-order valence-corrected chi connectivity index (χ4v) is 8.67. The number of rotatable bonds is 4. The van der Waals surface area contributed by atoms with Gasteiger partial charge in [-0.3, -0.25) is 4.79 Å². The average Bonchev–Trinajstić information content (AvgIpc) is 2.93. The standard InChI is InChI=1S/C24H40O6/c1-14(4-5-19(27)28)24(30)11-8-17-20-16(7-10-22(17,24)3)21(2)9-6-15(25)12-23(21,29)13-18(20)26/h14-18,20,25-26,29-30H,4-13H2,1-3H3,(H,27,28)/t14-,15-,16+,17+,18-,20-,21-,22+,23-,24+/m1/s1. The molecule has 6 heteroatoms. The number of hydrogen-bond donors (Lipinski definition) is 5. The van der Waals surface area contributed by atoms with Crippen LogP contribution in [0.15, 0.2) is 0 Å². The maximum Gasteiger partial charge on any atom is 0.303 e. The van der Waals surface area contributed by atoms with Crippen molar-refractivity contribution in [3.05, 3.63) is 0 Å². The molecule has 0 bridgehead atoms. The Morgan fingerprint density at radius 3 is 2.23 bits per heavy atom. The van der Waals surface area contributed by atoms with Gasteiger partial charge in [-0.05, 0) is 79.4 Å². The zero-order valence-corrected chi connectivity index (χ0v) is 18.7. The summed E-state index contributed by atoms with van der Waals surface area (Å²) >= 11 is 0. The molecule has 4 aliphatic rings. The van der Waals surface area contributed by atoms with Crippen molar-refractivity contribution in [3.8, 4) is 0 Å². The molecule has 4 fully saturated rings. The second-order valence-electron chi connectivity index (χ2n) is 11.7. The highest BCUT2D eigenvalue weighted by Crippen LogP contribution is 2.70. The molecule has 0 unspecified atom stereocenters. The van der Waals surface area contributed by atoms with E-state index in [1.54, 1.807) is 0 Å². The number of hydrogen-bond acceptors (Lipinski definition) is 5. The molecule has 0 radical (unpaired) electrons. The smallest absolute Gasteiger partial charge is 0.303 e. The fraction of sp³-hybridized carbons (Fsp3) is 0.958. The van der Waals surface area contributed by atoms with E-state index in [1.165, 1.54) is 0 Å². The molecule has 5 N–H and O–H groups in total. The molecule has 0 aromatic heterocycles. The molecule has 0 amide bonds. The summed E-state index contributed by atoms with van der Waals surface area (Å²) in [7, 11) is 0. The van der Waals surface area contributed by atoms with Gasteiger partial charge < -0.3 is 25.5 Å². The summed E-state index contributed by atoms with van der Waals surface area (Å²) in [6.45, 7) is 6.28. The number of aliphatic hydroxyl groups excluding tert-OH is 2. The molecule has 4 saturated carbocycles. The van der Waals surface area contributed by atoms with Crippen molar-refractivity contribution in [2.24, 2.45) is 34.5 Å². The summed E-state index contributed by atoms with van der Waals surface area (Å²) in [5.74, 6) is -0.572. The van der Waals surface area contributed by atoms with E-state index < -0.39 is 29.4 Å². The SMILES string of the molecule is C[C@H](CCC(=O)O)[C@@]1(O)CC[C@H]2[C@@H]3[C@H](O)C[C@]4(O)C[C@H](O)CC[C@]4(C)[C@H]3CC[C@@]21C. The van der Waals surface area contributed by atoms with Crippen molar-refractivity contribution in [1.82, 2.24) is 0 Å². The third kappa shape index (κ3) is 2.93. The van der Waals surface area contributed by atoms with Crippen molar-refractivity contribution >= 4 is 5.97 Å². The molecule has 0 aromatic carbocycles. The van der Waals surface area contributed by atoms with E-state index in [0.717, 1.165) is 25.7 Å². The van der Waals surface area contributed by atoms with Crippen LogP contribution in [-0.4, -0.2) is 54.9 Å². The molecule has 0 heterocycles. The quantitative estimate of drug-likeness (QED) is 0.474. The van der Waals surface area contributed by atoms with Crippen molar-refractivity contribution in [2.75, 3.05) is 0 Å². The Kier molecular flexibility index (Phi) is 5.37. The van der Waals surface area contributed by atoms with Crippen molar-refractivity contribution < 1.29 is 30.3 Å². The third-order valence-corrected chi connectivity index (χ3v) is 10.6. The second-order valence-corrected chi connectivity index (χ2v) is 11.7. The van der Waals surface area contributed by atoms with Gasteiger partial charge in [0.1, 0.15) is 0 Å². The number of carbonyl (C=O) groups is 1.